The van der Waals surface area contributed by atoms with Crippen molar-refractivity contribution in [2.45, 2.75) is 31.9 Å². The number of quaternary nitrogens is 1. The molecule has 1 aromatic carbocycles. The van der Waals surface area contributed by atoms with Gasteiger partial charge >= 0.3 is 11.9 Å². The van der Waals surface area contributed by atoms with E-state index in [-0.39, 0.29) is 30.0 Å². The first kappa shape index (κ1) is 17.0. The normalized spacial score (nSPS) is 28.7. The first-order valence-corrected chi connectivity index (χ1v) is 9.13. The lowest BCUT2D eigenvalue weighted by Crippen LogP contribution is -3.20. The molecule has 3 aliphatic heterocycles. The van der Waals surface area contributed by atoms with Crippen molar-refractivity contribution < 1.29 is 24.3 Å². The average Bonchev–Trinajstić information content (AvgIpc) is 2.66. The van der Waals surface area contributed by atoms with Gasteiger partial charge in [0.1, 0.15) is 12.0 Å². The topological polar surface area (TPSA) is 80.9 Å². The van der Waals surface area contributed by atoms with E-state index in [1.807, 2.05) is 30.3 Å². The van der Waals surface area contributed by atoms with Crippen molar-refractivity contribution in [2.75, 3.05) is 13.1 Å². The Labute approximate surface area is 151 Å². The number of benzene rings is 1. The van der Waals surface area contributed by atoms with Crippen LogP contribution in [0.15, 0.2) is 36.5 Å². The zero-order chi connectivity index (χ0) is 18.3. The number of aromatic nitrogens is 1. The maximum atomic E-state index is 11.8. The highest BCUT2D eigenvalue weighted by Crippen LogP contribution is 2.35. The molecular weight excluding hydrogens is 332 g/mol. The third-order valence-electron chi connectivity index (χ3n) is 5.93. The monoisotopic (exact) mass is 355 g/mol. The molecule has 3 saturated heterocycles. The Bertz CT molecular complexity index is 847. The fourth-order valence-corrected chi connectivity index (χ4v) is 4.77. The fraction of sp³-hybridized carbons (Fsp3) is 0.450. The molecule has 5 atom stereocenters. The number of rotatable bonds is 4. The van der Waals surface area contributed by atoms with Crippen LogP contribution < -0.4 is 4.90 Å². The number of carboxylic acid groups (broad SMARTS) is 1. The Hall–Kier alpha value is -2.47. The molecular formula is C20H23N2O4+. The molecule has 3 aliphatic rings. The van der Waals surface area contributed by atoms with E-state index in [0.717, 1.165) is 35.9 Å². The van der Waals surface area contributed by atoms with Crippen LogP contribution in [0.5, 0.6) is 0 Å². The minimum atomic E-state index is -0.705. The van der Waals surface area contributed by atoms with Gasteiger partial charge in [-0.15, -0.1) is 0 Å². The molecule has 2 bridgehead atoms. The van der Waals surface area contributed by atoms with Crippen LogP contribution >= 0.6 is 0 Å². The van der Waals surface area contributed by atoms with E-state index in [9.17, 15) is 14.7 Å². The first-order valence-electron chi connectivity index (χ1n) is 9.13. The van der Waals surface area contributed by atoms with E-state index in [1.54, 1.807) is 6.20 Å². The van der Waals surface area contributed by atoms with Crippen molar-refractivity contribution in [2.24, 2.45) is 11.8 Å². The number of pyridine rings is 1. The number of carboxylic acids is 1. The maximum Gasteiger partial charge on any atom is 0.312 e. The minimum absolute atomic E-state index is 0.0825. The van der Waals surface area contributed by atoms with Crippen LogP contribution in [0.1, 0.15) is 31.4 Å². The minimum Gasteiger partial charge on any atom is -0.481 e. The molecule has 1 unspecified atom stereocenters. The molecule has 0 saturated carbocycles. The lowest BCUT2D eigenvalue weighted by atomic mass is 9.73. The second-order valence-corrected chi connectivity index (χ2v) is 7.40. The number of ether oxygens (including phenoxy) is 1. The van der Waals surface area contributed by atoms with Crippen LogP contribution in [0.2, 0.25) is 0 Å². The Morgan fingerprint density at radius 1 is 1.31 bits per heavy atom. The van der Waals surface area contributed by atoms with Gasteiger partial charge in [-0.1, -0.05) is 18.2 Å². The molecule has 2 aromatic rings. The van der Waals surface area contributed by atoms with Crippen molar-refractivity contribution in [3.63, 3.8) is 0 Å². The van der Waals surface area contributed by atoms with Gasteiger partial charge in [0.15, 0.2) is 6.10 Å². The van der Waals surface area contributed by atoms with E-state index in [1.165, 1.54) is 11.8 Å². The molecule has 5 rings (SSSR count). The summed E-state index contributed by atoms with van der Waals surface area (Å²) in [6.07, 6.45) is 3.06. The Morgan fingerprint density at radius 2 is 2.12 bits per heavy atom. The van der Waals surface area contributed by atoms with Crippen LogP contribution in [0.3, 0.4) is 0 Å². The number of fused-ring (bicyclic) bond motifs is 4. The zero-order valence-corrected chi connectivity index (χ0v) is 14.7. The number of para-hydroxylation sites is 1. The van der Waals surface area contributed by atoms with Gasteiger partial charge in [-0.25, -0.2) is 0 Å². The fourth-order valence-electron chi connectivity index (χ4n) is 4.77. The lowest BCUT2D eigenvalue weighted by molar-refractivity contribution is -0.949. The standard InChI is InChI=1S/C20H22N2O4/c1-12(23)26-19(15-6-8-21-17-5-3-2-4-14(15)17)18-10-13-7-9-22(18)11-16(13)20(24)25/h2-6,8,13,16,18-19H,7,9-11H2,1H3,(H,24,25)/p+1/t13-,16-,18+,19-/m0/s1. The van der Waals surface area contributed by atoms with Crippen LogP contribution in [0, 0.1) is 11.8 Å². The van der Waals surface area contributed by atoms with Gasteiger partial charge in [0.05, 0.1) is 18.6 Å². The van der Waals surface area contributed by atoms with Gasteiger partial charge in [-0.2, -0.15) is 0 Å². The first-order chi connectivity index (χ1) is 12.5. The number of carbonyl (C=O) groups is 2. The van der Waals surface area contributed by atoms with Gasteiger partial charge < -0.3 is 14.7 Å². The number of esters is 1. The van der Waals surface area contributed by atoms with E-state index in [2.05, 4.69) is 4.98 Å². The third kappa shape index (κ3) is 2.94. The van der Waals surface area contributed by atoms with Crippen molar-refractivity contribution in [3.8, 4) is 0 Å². The molecule has 0 aliphatic carbocycles. The van der Waals surface area contributed by atoms with Crippen molar-refractivity contribution in [1.29, 1.82) is 0 Å². The van der Waals surface area contributed by atoms with Gasteiger partial charge in [-0.05, 0) is 18.1 Å². The van der Waals surface area contributed by atoms with Gasteiger partial charge in [-0.3, -0.25) is 14.6 Å². The summed E-state index contributed by atoms with van der Waals surface area (Å²) >= 11 is 0. The maximum absolute atomic E-state index is 11.8. The molecule has 4 heterocycles. The van der Waals surface area contributed by atoms with Crippen molar-refractivity contribution in [3.05, 3.63) is 42.1 Å². The quantitative estimate of drug-likeness (QED) is 0.806. The molecule has 26 heavy (non-hydrogen) atoms. The van der Waals surface area contributed by atoms with E-state index in [4.69, 9.17) is 4.74 Å². The molecule has 0 radical (unpaired) electrons. The molecule has 1 aromatic heterocycles. The number of carbonyl (C=O) groups excluding carboxylic acids is 1. The highest BCUT2D eigenvalue weighted by Gasteiger charge is 2.50. The molecule has 0 spiro atoms. The second kappa shape index (κ2) is 6.68. The van der Waals surface area contributed by atoms with Crippen LogP contribution in [0.25, 0.3) is 10.9 Å². The summed E-state index contributed by atoms with van der Waals surface area (Å²) in [5.41, 5.74) is 1.83. The second-order valence-electron chi connectivity index (χ2n) is 7.40. The lowest BCUT2D eigenvalue weighted by Gasteiger charge is -2.47. The third-order valence-corrected chi connectivity index (χ3v) is 5.93. The Balaban J connectivity index is 1.72. The largest absolute Gasteiger partial charge is 0.481 e. The Morgan fingerprint density at radius 3 is 2.81 bits per heavy atom. The SMILES string of the molecule is CC(=O)O[C@@H](c1ccnc2ccccc12)[C@H]1C[C@@H]2CC[NH+]1C[C@@H]2C(=O)O. The summed E-state index contributed by atoms with van der Waals surface area (Å²) in [6, 6.07) is 9.85. The Kier molecular flexibility index (Phi) is 4.36. The number of piperidine rings is 3. The predicted octanol–water partition coefficient (Wildman–Crippen LogP) is 1.22. The van der Waals surface area contributed by atoms with Crippen LogP contribution in [-0.4, -0.2) is 41.2 Å². The van der Waals surface area contributed by atoms with Crippen LogP contribution in [0.4, 0.5) is 0 Å². The summed E-state index contributed by atoms with van der Waals surface area (Å²) in [5, 5.41) is 10.5. The van der Waals surface area contributed by atoms with Gasteiger partial charge in [0.25, 0.3) is 0 Å². The number of hydrogen-bond acceptors (Lipinski definition) is 4. The molecule has 6 nitrogen and oxygen atoms in total. The highest BCUT2D eigenvalue weighted by atomic mass is 16.5. The molecule has 136 valence electrons. The summed E-state index contributed by atoms with van der Waals surface area (Å²) in [7, 11) is 0. The van der Waals surface area contributed by atoms with E-state index >= 15 is 0 Å². The average molecular weight is 355 g/mol. The number of aliphatic carboxylic acids is 1. The number of hydrogen-bond donors (Lipinski definition) is 2. The van der Waals surface area contributed by atoms with E-state index in [0.29, 0.717) is 6.54 Å². The molecule has 6 heteroatoms. The van der Waals surface area contributed by atoms with Gasteiger partial charge in [0, 0.05) is 36.9 Å². The van der Waals surface area contributed by atoms with Crippen molar-refractivity contribution in [1.82, 2.24) is 4.98 Å². The molecule has 2 N–H and O–H groups in total. The molecule has 0 amide bonds. The number of nitrogens with one attached hydrogen (secondary N) is 1. The summed E-state index contributed by atoms with van der Waals surface area (Å²) in [6.45, 7) is 2.97. The smallest absolute Gasteiger partial charge is 0.312 e. The van der Waals surface area contributed by atoms with Crippen molar-refractivity contribution >= 4 is 22.8 Å². The van der Waals surface area contributed by atoms with E-state index < -0.39 is 5.97 Å². The number of nitrogens with zero attached hydrogens (tertiary/aromatic N) is 1. The summed E-state index contributed by atoms with van der Waals surface area (Å²) in [4.78, 5) is 29.0. The summed E-state index contributed by atoms with van der Waals surface area (Å²) < 4.78 is 5.80. The zero-order valence-electron chi connectivity index (χ0n) is 14.7. The summed E-state index contributed by atoms with van der Waals surface area (Å²) in [5.74, 6) is -1.15. The van der Waals surface area contributed by atoms with Gasteiger partial charge in [0.2, 0.25) is 0 Å². The van der Waals surface area contributed by atoms with Crippen LogP contribution in [-0.2, 0) is 14.3 Å². The highest BCUT2D eigenvalue weighted by molar-refractivity contribution is 5.82. The molecule has 3 fully saturated rings. The predicted molar refractivity (Wildman–Crippen MR) is 94.6 cm³/mol.